The Balaban J connectivity index is 0.000000209. The molecule has 0 saturated carbocycles. The minimum Gasteiger partial charge on any atom is -0.508 e. The lowest BCUT2D eigenvalue weighted by atomic mass is 9.87. The van der Waals surface area contributed by atoms with Crippen LogP contribution in [-0.2, 0) is 5.41 Å². The molecule has 1 N–H and O–H groups in total. The third-order valence-corrected chi connectivity index (χ3v) is 4.63. The normalized spacial score (nSPS) is 10.6. The maximum absolute atomic E-state index is 9.22. The molecule has 0 aromatic heterocycles. The molecule has 0 aliphatic carbocycles. The fraction of sp³-hybridized carbons (Fsp3) is 0.185. The van der Waals surface area contributed by atoms with Crippen molar-refractivity contribution in [2.75, 3.05) is 0 Å². The summed E-state index contributed by atoms with van der Waals surface area (Å²) in [5.41, 5.74) is 7.15. The van der Waals surface area contributed by atoms with Gasteiger partial charge in [0.05, 0.1) is 0 Å². The fourth-order valence-corrected chi connectivity index (χ4v) is 2.70. The molecule has 0 heterocycles. The second-order valence-corrected chi connectivity index (χ2v) is 7.97. The molecule has 0 bridgehead atoms. The highest BCUT2D eigenvalue weighted by Crippen LogP contribution is 2.23. The van der Waals surface area contributed by atoms with Crippen molar-refractivity contribution in [3.63, 3.8) is 0 Å². The van der Waals surface area contributed by atoms with Crippen LogP contribution < -0.4 is 0 Å². The Bertz CT molecular complexity index is 858. The summed E-state index contributed by atoms with van der Waals surface area (Å²) in [7, 11) is 0. The van der Waals surface area contributed by atoms with Crippen LogP contribution in [0.15, 0.2) is 86.0 Å². The van der Waals surface area contributed by atoms with Gasteiger partial charge >= 0.3 is 0 Å². The summed E-state index contributed by atoms with van der Waals surface area (Å²) in [5.74, 6) is 0.278. The lowest BCUT2D eigenvalue weighted by molar-refractivity contribution is 0.475. The molecule has 0 fully saturated rings. The fourth-order valence-electron chi connectivity index (χ4n) is 2.70. The third-order valence-electron chi connectivity index (χ3n) is 4.63. The molecule has 144 valence electrons. The molecule has 3 aromatic rings. The predicted octanol–water partition coefficient (Wildman–Crippen LogP) is 7.39. The largest absolute Gasteiger partial charge is 0.508 e. The zero-order valence-corrected chi connectivity index (χ0v) is 17.4. The topological polar surface area (TPSA) is 20.2 Å². The average molecular weight is 371 g/mol. The van der Waals surface area contributed by atoms with E-state index in [1.165, 1.54) is 16.7 Å². The van der Waals surface area contributed by atoms with Gasteiger partial charge in [-0.2, -0.15) is 0 Å². The Morgan fingerprint density at radius 1 is 0.786 bits per heavy atom. The molecular weight excluding hydrogens is 340 g/mol. The maximum atomic E-state index is 9.22. The average Bonchev–Trinajstić information content (AvgIpc) is 2.68. The summed E-state index contributed by atoms with van der Waals surface area (Å²) in [5, 5.41) is 9.22. The van der Waals surface area contributed by atoms with Gasteiger partial charge in [-0.25, -0.2) is 0 Å². The van der Waals surface area contributed by atoms with Crippen LogP contribution in [0.1, 0.15) is 48.6 Å². The van der Waals surface area contributed by atoms with Crippen LogP contribution in [0, 0.1) is 6.92 Å². The highest BCUT2D eigenvalue weighted by molar-refractivity contribution is 5.78. The Morgan fingerprint density at radius 2 is 1.25 bits per heavy atom. The van der Waals surface area contributed by atoms with E-state index in [9.17, 15) is 5.11 Å². The minimum absolute atomic E-state index is 0.250. The Hall–Kier alpha value is -3.06. The summed E-state index contributed by atoms with van der Waals surface area (Å²) < 4.78 is 0. The molecule has 0 atom stereocenters. The molecule has 1 heteroatoms. The van der Waals surface area contributed by atoms with E-state index in [1.54, 1.807) is 12.1 Å². The summed E-state index contributed by atoms with van der Waals surface area (Å²) in [4.78, 5) is 0. The molecule has 0 aliphatic heterocycles. The highest BCUT2D eigenvalue weighted by atomic mass is 16.3. The van der Waals surface area contributed by atoms with Crippen molar-refractivity contribution in [3.05, 3.63) is 114 Å². The Morgan fingerprint density at radius 3 is 1.68 bits per heavy atom. The van der Waals surface area contributed by atoms with Crippen molar-refractivity contribution in [2.24, 2.45) is 0 Å². The standard InChI is InChI=1S/C15H14O.C12H16/c1-11-3-5-13(6-4-11)12(2)14-7-9-15(16)10-8-14;1-5-10-6-8-11(9-7-10)12(2,3)4/h3-10,16H,2H2,1H3;5-9H,1H2,2-4H3. The van der Waals surface area contributed by atoms with Gasteiger partial charge in [0.25, 0.3) is 0 Å². The van der Waals surface area contributed by atoms with Crippen molar-refractivity contribution in [3.8, 4) is 5.75 Å². The monoisotopic (exact) mass is 370 g/mol. The van der Waals surface area contributed by atoms with Gasteiger partial charge in [0.2, 0.25) is 0 Å². The SMILES string of the molecule is C=C(c1ccc(C)cc1)c1ccc(O)cc1.C=Cc1ccc(C(C)(C)C)cc1. The molecule has 0 aliphatic rings. The number of rotatable bonds is 3. The van der Waals surface area contributed by atoms with Gasteiger partial charge in [0.1, 0.15) is 5.75 Å². The van der Waals surface area contributed by atoms with Gasteiger partial charge in [0, 0.05) is 0 Å². The van der Waals surface area contributed by atoms with Crippen LogP contribution in [-0.4, -0.2) is 5.11 Å². The predicted molar refractivity (Wildman–Crippen MR) is 123 cm³/mol. The van der Waals surface area contributed by atoms with Crippen LogP contribution in [0.3, 0.4) is 0 Å². The molecule has 1 nitrogen and oxygen atoms in total. The third kappa shape index (κ3) is 5.99. The molecular formula is C27H30O. The number of aryl methyl sites for hydroxylation is 1. The first-order chi connectivity index (χ1) is 13.2. The van der Waals surface area contributed by atoms with Gasteiger partial charge in [-0.05, 0) is 52.3 Å². The second-order valence-electron chi connectivity index (χ2n) is 7.97. The molecule has 0 spiro atoms. The summed E-state index contributed by atoms with van der Waals surface area (Å²) in [6.07, 6.45) is 1.87. The molecule has 0 radical (unpaired) electrons. The van der Waals surface area contributed by atoms with Crippen molar-refractivity contribution in [1.82, 2.24) is 0 Å². The molecule has 3 aromatic carbocycles. The zero-order valence-electron chi connectivity index (χ0n) is 17.4. The first-order valence-electron chi connectivity index (χ1n) is 9.49. The van der Waals surface area contributed by atoms with E-state index in [-0.39, 0.29) is 11.2 Å². The van der Waals surface area contributed by atoms with E-state index in [0.717, 1.165) is 16.7 Å². The van der Waals surface area contributed by atoms with Crippen LogP contribution in [0.25, 0.3) is 11.6 Å². The van der Waals surface area contributed by atoms with E-state index in [4.69, 9.17) is 0 Å². The van der Waals surface area contributed by atoms with Crippen molar-refractivity contribution < 1.29 is 5.11 Å². The number of hydrogen-bond donors (Lipinski definition) is 1. The van der Waals surface area contributed by atoms with Crippen molar-refractivity contribution in [2.45, 2.75) is 33.1 Å². The van der Waals surface area contributed by atoms with Crippen molar-refractivity contribution in [1.29, 1.82) is 0 Å². The Kier molecular flexibility index (Phi) is 7.00. The van der Waals surface area contributed by atoms with Crippen LogP contribution in [0.4, 0.5) is 0 Å². The number of benzene rings is 3. The first-order valence-corrected chi connectivity index (χ1v) is 9.49. The van der Waals surface area contributed by atoms with E-state index in [2.05, 4.69) is 89.4 Å². The summed E-state index contributed by atoms with van der Waals surface area (Å²) in [6, 6.07) is 23.9. The second kappa shape index (κ2) is 9.23. The summed E-state index contributed by atoms with van der Waals surface area (Å²) in [6.45, 7) is 16.5. The van der Waals surface area contributed by atoms with E-state index < -0.39 is 0 Å². The molecule has 0 saturated heterocycles. The number of hydrogen-bond acceptors (Lipinski definition) is 1. The van der Waals surface area contributed by atoms with Crippen LogP contribution in [0.2, 0.25) is 0 Å². The smallest absolute Gasteiger partial charge is 0.115 e. The van der Waals surface area contributed by atoms with E-state index in [1.807, 2.05) is 18.2 Å². The van der Waals surface area contributed by atoms with E-state index >= 15 is 0 Å². The molecule has 0 amide bonds. The Labute approximate surface area is 169 Å². The highest BCUT2D eigenvalue weighted by Gasteiger charge is 2.12. The number of phenolic OH excluding ortho intramolecular Hbond substituents is 1. The first kappa shape index (κ1) is 21.2. The molecule has 28 heavy (non-hydrogen) atoms. The maximum Gasteiger partial charge on any atom is 0.115 e. The number of phenols is 1. The minimum atomic E-state index is 0.250. The molecule has 0 unspecified atom stereocenters. The van der Waals surface area contributed by atoms with E-state index in [0.29, 0.717) is 0 Å². The lowest BCUT2D eigenvalue weighted by Crippen LogP contribution is -2.10. The lowest BCUT2D eigenvalue weighted by Gasteiger charge is -2.18. The van der Waals surface area contributed by atoms with Gasteiger partial charge in [-0.15, -0.1) is 0 Å². The van der Waals surface area contributed by atoms with Gasteiger partial charge < -0.3 is 5.11 Å². The van der Waals surface area contributed by atoms with Crippen LogP contribution in [0.5, 0.6) is 5.75 Å². The molecule has 3 rings (SSSR count). The summed E-state index contributed by atoms with van der Waals surface area (Å²) >= 11 is 0. The van der Waals surface area contributed by atoms with Gasteiger partial charge in [0.15, 0.2) is 0 Å². The number of aromatic hydroxyl groups is 1. The van der Waals surface area contributed by atoms with Gasteiger partial charge in [-0.1, -0.05) is 106 Å². The zero-order chi connectivity index (χ0) is 20.7. The van der Waals surface area contributed by atoms with Crippen LogP contribution >= 0.6 is 0 Å². The van der Waals surface area contributed by atoms with Gasteiger partial charge in [-0.3, -0.25) is 0 Å². The quantitative estimate of drug-likeness (QED) is 0.509. The van der Waals surface area contributed by atoms with Crippen molar-refractivity contribution >= 4 is 11.6 Å².